The number of carboxylic acids is 1. The summed E-state index contributed by atoms with van der Waals surface area (Å²) in [4.78, 5) is 23.9. The van der Waals surface area contributed by atoms with Crippen molar-refractivity contribution in [3.05, 3.63) is 34.4 Å². The molecule has 2 aliphatic rings. The number of aliphatic carboxylic acids is 1. The summed E-state index contributed by atoms with van der Waals surface area (Å²) >= 11 is 0. The van der Waals surface area contributed by atoms with Crippen LogP contribution in [0.5, 0.6) is 5.75 Å². The zero-order chi connectivity index (χ0) is 26.3. The van der Waals surface area contributed by atoms with Crippen LogP contribution in [0.4, 0.5) is 4.79 Å². The molecule has 1 amide bonds. The standard InChI is InChI=1S/C24H33NO10/c1-11-12(7-8-13-15(27)14(21(29)30)9-33-17(11)13)18-16(28)19(34-22(31)25-23(2,3)4)20(32-6)24(5,10-26)35-18/h7-8,16,18-20,26-28H,9-10H2,1-6H3,(H,25,31)(H,29,30)/t16-,18-,19+,20+,24+/m0/s1. The molecule has 0 saturated carbocycles. The molecule has 35 heavy (non-hydrogen) atoms. The van der Waals surface area contributed by atoms with Crippen LogP contribution in [0.2, 0.25) is 0 Å². The molecule has 1 aromatic carbocycles. The molecule has 2 heterocycles. The van der Waals surface area contributed by atoms with Crippen LogP contribution < -0.4 is 10.1 Å². The summed E-state index contributed by atoms with van der Waals surface area (Å²) in [5.74, 6) is -1.46. The number of amides is 1. The first-order chi connectivity index (χ1) is 16.2. The molecule has 0 aromatic heterocycles. The Labute approximate surface area is 203 Å². The average Bonchev–Trinajstić information content (AvgIpc) is 2.76. The van der Waals surface area contributed by atoms with Gasteiger partial charge >= 0.3 is 12.1 Å². The van der Waals surface area contributed by atoms with Crippen molar-refractivity contribution in [2.24, 2.45) is 0 Å². The number of rotatable bonds is 5. The fourth-order valence-electron chi connectivity index (χ4n) is 4.40. The van der Waals surface area contributed by atoms with E-state index in [1.807, 2.05) is 0 Å². The van der Waals surface area contributed by atoms with E-state index in [4.69, 9.17) is 18.9 Å². The van der Waals surface area contributed by atoms with Gasteiger partial charge in [0.2, 0.25) is 0 Å². The van der Waals surface area contributed by atoms with E-state index >= 15 is 0 Å². The molecule has 0 radical (unpaired) electrons. The summed E-state index contributed by atoms with van der Waals surface area (Å²) in [5.41, 5.74) is -1.09. The highest BCUT2D eigenvalue weighted by Gasteiger charge is 2.55. The van der Waals surface area contributed by atoms with Gasteiger partial charge < -0.3 is 44.7 Å². The lowest BCUT2D eigenvalue weighted by Gasteiger charge is -2.49. The van der Waals surface area contributed by atoms with Gasteiger partial charge in [0.05, 0.1) is 12.2 Å². The van der Waals surface area contributed by atoms with E-state index in [0.717, 1.165) is 0 Å². The zero-order valence-corrected chi connectivity index (χ0v) is 20.6. The molecular weight excluding hydrogens is 462 g/mol. The van der Waals surface area contributed by atoms with Crippen molar-refractivity contribution in [1.29, 1.82) is 0 Å². The monoisotopic (exact) mass is 495 g/mol. The highest BCUT2D eigenvalue weighted by Crippen LogP contribution is 2.44. The molecule has 11 heteroatoms. The number of aliphatic hydroxyl groups is 3. The van der Waals surface area contributed by atoms with E-state index in [0.29, 0.717) is 11.1 Å². The maximum absolute atomic E-state index is 12.6. The smallest absolute Gasteiger partial charge is 0.408 e. The molecule has 5 N–H and O–H groups in total. The van der Waals surface area contributed by atoms with E-state index < -0.39 is 60.0 Å². The van der Waals surface area contributed by atoms with Gasteiger partial charge in [0.25, 0.3) is 0 Å². The number of alkyl carbamates (subject to hydrolysis) is 1. The van der Waals surface area contributed by atoms with E-state index in [1.165, 1.54) is 13.2 Å². The van der Waals surface area contributed by atoms with Gasteiger partial charge in [-0.05, 0) is 51.8 Å². The van der Waals surface area contributed by atoms with Crippen molar-refractivity contribution in [3.63, 3.8) is 0 Å². The number of hydrogen-bond acceptors (Lipinski definition) is 9. The van der Waals surface area contributed by atoms with Crippen molar-refractivity contribution in [1.82, 2.24) is 5.32 Å². The number of methoxy groups -OCH3 is 1. The summed E-state index contributed by atoms with van der Waals surface area (Å²) in [5, 5.41) is 43.8. The lowest BCUT2D eigenvalue weighted by atomic mass is 9.82. The highest BCUT2D eigenvalue weighted by atomic mass is 16.6. The zero-order valence-electron chi connectivity index (χ0n) is 20.6. The van der Waals surface area contributed by atoms with Gasteiger partial charge in [0.1, 0.15) is 47.6 Å². The first kappa shape index (κ1) is 26.7. The molecule has 1 fully saturated rings. The van der Waals surface area contributed by atoms with E-state index in [1.54, 1.807) is 40.7 Å². The third-order valence-corrected chi connectivity index (χ3v) is 6.15. The van der Waals surface area contributed by atoms with Gasteiger partial charge in [-0.25, -0.2) is 9.59 Å². The maximum Gasteiger partial charge on any atom is 0.408 e. The molecule has 2 aliphatic heterocycles. The fraction of sp³-hybridized carbons (Fsp3) is 0.583. The predicted octanol–water partition coefficient (Wildman–Crippen LogP) is 1.83. The minimum absolute atomic E-state index is 0.192. The summed E-state index contributed by atoms with van der Waals surface area (Å²) in [7, 11) is 1.36. The van der Waals surface area contributed by atoms with Crippen LogP contribution in [-0.2, 0) is 19.0 Å². The van der Waals surface area contributed by atoms with Crippen LogP contribution in [0, 0.1) is 6.92 Å². The lowest BCUT2D eigenvalue weighted by molar-refractivity contribution is -0.279. The van der Waals surface area contributed by atoms with Crippen LogP contribution in [-0.4, -0.2) is 82.3 Å². The van der Waals surface area contributed by atoms with Gasteiger partial charge in [-0.15, -0.1) is 0 Å². The van der Waals surface area contributed by atoms with E-state index in [-0.39, 0.29) is 23.5 Å². The minimum Gasteiger partial charge on any atom is -0.506 e. The third kappa shape index (κ3) is 5.08. The fourth-order valence-corrected chi connectivity index (χ4v) is 4.40. The van der Waals surface area contributed by atoms with Gasteiger partial charge in [-0.1, -0.05) is 6.07 Å². The highest BCUT2D eigenvalue weighted by molar-refractivity contribution is 5.96. The Bertz CT molecular complexity index is 1030. The summed E-state index contributed by atoms with van der Waals surface area (Å²) < 4.78 is 22.8. The normalized spacial score (nSPS) is 28.7. The first-order valence-corrected chi connectivity index (χ1v) is 11.1. The lowest BCUT2D eigenvalue weighted by Crippen LogP contribution is -2.64. The number of fused-ring (bicyclic) bond motifs is 1. The van der Waals surface area contributed by atoms with Crippen molar-refractivity contribution in [3.8, 4) is 5.75 Å². The van der Waals surface area contributed by atoms with Crippen LogP contribution in [0.15, 0.2) is 17.7 Å². The van der Waals surface area contributed by atoms with Crippen molar-refractivity contribution < 1.29 is 49.0 Å². The van der Waals surface area contributed by atoms with E-state index in [2.05, 4.69) is 5.32 Å². The van der Waals surface area contributed by atoms with Crippen molar-refractivity contribution >= 4 is 17.8 Å². The summed E-state index contributed by atoms with van der Waals surface area (Å²) in [6, 6.07) is 3.02. The molecule has 1 saturated heterocycles. The van der Waals surface area contributed by atoms with Gasteiger partial charge in [0, 0.05) is 12.6 Å². The number of nitrogens with one attached hydrogen (secondary N) is 1. The topological polar surface area (TPSA) is 164 Å². The van der Waals surface area contributed by atoms with Gasteiger partial charge in [-0.3, -0.25) is 0 Å². The molecule has 0 spiro atoms. The Hall–Kier alpha value is -2.86. The Morgan fingerprint density at radius 1 is 1.29 bits per heavy atom. The molecule has 0 bridgehead atoms. The third-order valence-electron chi connectivity index (χ3n) is 6.15. The number of carbonyl (C=O) groups excluding carboxylic acids is 1. The second-order valence-electron chi connectivity index (χ2n) is 9.98. The largest absolute Gasteiger partial charge is 0.506 e. The maximum atomic E-state index is 12.6. The number of ether oxygens (including phenoxy) is 4. The second-order valence-corrected chi connectivity index (χ2v) is 9.98. The SMILES string of the molecule is CO[C@@H]1[C@H](OC(=O)NC(C)(C)C)[C@@H](O)[C@H](c2ccc3c(c2C)OCC(C(=O)O)=C3O)O[C@]1(C)CO. The predicted molar refractivity (Wildman–Crippen MR) is 123 cm³/mol. The molecule has 1 aromatic rings. The molecule has 0 aliphatic carbocycles. The van der Waals surface area contributed by atoms with Crippen molar-refractivity contribution in [2.75, 3.05) is 20.3 Å². The molecule has 0 unspecified atom stereocenters. The second kappa shape index (κ2) is 9.65. The Morgan fingerprint density at radius 3 is 2.49 bits per heavy atom. The Balaban J connectivity index is 2.03. The summed E-state index contributed by atoms with van der Waals surface area (Å²) in [6.07, 6.45) is -5.45. The van der Waals surface area contributed by atoms with Crippen molar-refractivity contribution in [2.45, 2.75) is 70.2 Å². The molecule has 11 nitrogen and oxygen atoms in total. The van der Waals surface area contributed by atoms with E-state index in [9.17, 15) is 30.0 Å². The number of carboxylic acid groups (broad SMARTS) is 1. The summed E-state index contributed by atoms with van der Waals surface area (Å²) in [6.45, 7) is 7.74. The quantitative estimate of drug-likeness (QED) is 0.407. The Morgan fingerprint density at radius 2 is 1.94 bits per heavy atom. The average molecular weight is 496 g/mol. The molecule has 3 rings (SSSR count). The number of carbonyl (C=O) groups is 2. The van der Waals surface area contributed by atoms with Gasteiger partial charge in [-0.2, -0.15) is 0 Å². The number of aliphatic hydroxyl groups excluding tert-OH is 3. The molecular formula is C24H33NO10. The first-order valence-electron chi connectivity index (χ1n) is 11.1. The van der Waals surface area contributed by atoms with Crippen LogP contribution in [0.3, 0.4) is 0 Å². The van der Waals surface area contributed by atoms with Gasteiger partial charge in [0.15, 0.2) is 6.10 Å². The number of benzene rings is 1. The Kier molecular flexibility index (Phi) is 7.37. The van der Waals surface area contributed by atoms with Crippen LogP contribution >= 0.6 is 0 Å². The van der Waals surface area contributed by atoms with Crippen LogP contribution in [0.25, 0.3) is 5.76 Å². The van der Waals surface area contributed by atoms with Crippen LogP contribution in [0.1, 0.15) is 50.5 Å². The minimum atomic E-state index is -1.40. The molecule has 5 atom stereocenters. The molecule has 194 valence electrons. The number of hydrogen-bond donors (Lipinski definition) is 5.